The summed E-state index contributed by atoms with van der Waals surface area (Å²) in [4.78, 5) is 70.7. The minimum atomic E-state index is -1.10. The molecule has 8 rings (SSSR count). The Labute approximate surface area is 413 Å². The van der Waals surface area contributed by atoms with E-state index in [4.69, 9.17) is 42.4 Å². The van der Waals surface area contributed by atoms with Gasteiger partial charge in [-0.15, -0.1) is 0 Å². The number of halogens is 2. The Morgan fingerprint density at radius 3 is 2.26 bits per heavy atom. The zero-order valence-corrected chi connectivity index (χ0v) is 41.3. The highest BCUT2D eigenvalue weighted by molar-refractivity contribution is 6.31. The molecular weight excluding hydrogens is 920 g/mol. The molecule has 0 bridgehead atoms. The molecule has 3 aliphatic rings. The van der Waals surface area contributed by atoms with Gasteiger partial charge in [0.15, 0.2) is 17.3 Å². The molecule has 0 radical (unpaired) electrons. The third-order valence-corrected chi connectivity index (χ3v) is 14.5. The van der Waals surface area contributed by atoms with Crippen molar-refractivity contribution in [2.75, 3.05) is 54.1 Å². The molecule has 2 saturated heterocycles. The van der Waals surface area contributed by atoms with Gasteiger partial charge >= 0.3 is 0 Å². The fourth-order valence-corrected chi connectivity index (χ4v) is 10.1. The Morgan fingerprint density at radius 2 is 1.55 bits per heavy atom. The van der Waals surface area contributed by atoms with Gasteiger partial charge in [0.05, 0.1) is 69.2 Å². The molecule has 364 valence electrons. The van der Waals surface area contributed by atoms with Crippen LogP contribution in [0.2, 0.25) is 10.0 Å². The number of Topliss-reactive ketones (excluding diaryl/α,β-unsaturated/α-hetero) is 1. The van der Waals surface area contributed by atoms with Crippen molar-refractivity contribution in [3.8, 4) is 34.3 Å². The van der Waals surface area contributed by atoms with E-state index in [9.17, 15) is 14.7 Å². The van der Waals surface area contributed by atoms with Crippen LogP contribution in [-0.2, 0) is 45.7 Å². The van der Waals surface area contributed by atoms with Gasteiger partial charge in [0.1, 0.15) is 17.3 Å². The van der Waals surface area contributed by atoms with E-state index in [-0.39, 0.29) is 38.4 Å². The number of ketones is 1. The summed E-state index contributed by atoms with van der Waals surface area (Å²) in [5.74, 6) is -1.39. The zero-order chi connectivity index (χ0) is 48.9. The van der Waals surface area contributed by atoms with Crippen LogP contribution in [0.1, 0.15) is 61.0 Å². The highest BCUT2D eigenvalue weighted by atomic mass is 35.5. The lowest BCUT2D eigenvalue weighted by Gasteiger charge is -2.37. The van der Waals surface area contributed by atoms with Gasteiger partial charge in [-0.05, 0) is 99.4 Å². The summed E-state index contributed by atoms with van der Waals surface area (Å²) in [7, 11) is 6.87. The number of rotatable bonds is 12. The first-order valence-electron chi connectivity index (χ1n) is 23.5. The maximum Gasteiger partial charge on any atom is 0.228 e. The number of likely N-dealkylation sites (N-methyl/N-ethyl adjacent to an activating group) is 2. The number of imidazole rings is 1. The van der Waals surface area contributed by atoms with Crippen LogP contribution >= 0.6 is 23.2 Å². The number of fused-ring (bicyclic) bond motifs is 1. The van der Waals surface area contributed by atoms with Crippen molar-refractivity contribution in [2.24, 2.45) is 18.9 Å². The van der Waals surface area contributed by atoms with Crippen molar-refractivity contribution in [3.63, 3.8) is 0 Å². The Morgan fingerprint density at radius 1 is 0.826 bits per heavy atom. The van der Waals surface area contributed by atoms with Gasteiger partial charge in [0.2, 0.25) is 17.7 Å². The van der Waals surface area contributed by atoms with Crippen molar-refractivity contribution in [3.05, 3.63) is 124 Å². The first-order chi connectivity index (χ1) is 33.2. The molecule has 2 fully saturated rings. The van der Waals surface area contributed by atoms with E-state index in [0.717, 1.165) is 47.8 Å². The Hall–Kier alpha value is -5.93. The lowest BCUT2D eigenvalue weighted by Crippen LogP contribution is -2.52. The average Bonchev–Trinajstić information content (AvgIpc) is 4.12. The molecule has 4 heterocycles. The van der Waals surface area contributed by atoms with Crippen LogP contribution in [-0.4, -0.2) is 124 Å². The number of likely N-dealkylation sites (tertiary alicyclic amines) is 1. The number of hydrogen-bond acceptors (Lipinski definition) is 10. The number of carbonyl (C=O) groups excluding carboxylic acids is 4. The number of aromatic nitrogens is 2. The molecule has 5 aromatic rings. The van der Waals surface area contributed by atoms with Crippen molar-refractivity contribution < 1.29 is 38.5 Å². The minimum absolute atomic E-state index is 0.0907. The van der Waals surface area contributed by atoms with Crippen LogP contribution in [0, 0.1) is 11.8 Å². The minimum Gasteiger partial charge on any atom is -0.493 e. The van der Waals surface area contributed by atoms with Crippen molar-refractivity contribution in [2.45, 2.75) is 70.1 Å². The maximum atomic E-state index is 15.2. The summed E-state index contributed by atoms with van der Waals surface area (Å²) in [5.41, 5.74) is 4.09. The molecule has 5 atom stereocenters. The van der Waals surface area contributed by atoms with Gasteiger partial charge in [0, 0.05) is 73.2 Å². The predicted octanol–water partition coefficient (Wildman–Crippen LogP) is 7.80. The van der Waals surface area contributed by atoms with Crippen LogP contribution in [0.15, 0.2) is 91.1 Å². The molecule has 1 aromatic heterocycles. The Kier molecular flexibility index (Phi) is 15.6. The fraction of sp³-hybridized carbons (Fsp3) is 0.415. The zero-order valence-electron chi connectivity index (χ0n) is 39.8. The Bertz CT molecular complexity index is 2650. The molecule has 0 spiro atoms. The summed E-state index contributed by atoms with van der Waals surface area (Å²) in [6.07, 6.45) is 4.05. The van der Waals surface area contributed by atoms with Gasteiger partial charge in [0.25, 0.3) is 0 Å². The highest BCUT2D eigenvalue weighted by Gasteiger charge is 2.43. The predicted molar refractivity (Wildman–Crippen MR) is 264 cm³/mol. The molecule has 69 heavy (non-hydrogen) atoms. The number of aliphatic hydroxyl groups excluding tert-OH is 1. The van der Waals surface area contributed by atoms with Gasteiger partial charge in [-0.2, -0.15) is 0 Å². The normalized spacial score (nSPS) is 21.9. The number of nitrogens with zero attached hydrogens (tertiary/aromatic N) is 6. The van der Waals surface area contributed by atoms with E-state index in [1.54, 1.807) is 69.4 Å². The SMILES string of the molecule is COc1cccc2c1OC[C@@H]2[C@@H]1CC(=O)N(Cc2ccc(Cl)cc2Oc2ccc(-c3cnc(CN4CCCC4)n3C)cc2)[C@@H](C)C(=O)C[C@@H](CO)C(=O)N(C)[C@H](Cc2ccc(Cl)cc2)CN(C)C1=O. The lowest BCUT2D eigenvalue weighted by atomic mass is 9.83. The maximum absolute atomic E-state index is 15.2. The third-order valence-electron chi connectivity index (χ3n) is 14.0. The van der Waals surface area contributed by atoms with Gasteiger partial charge in [-0.1, -0.05) is 53.5 Å². The van der Waals surface area contributed by atoms with Crippen molar-refractivity contribution in [1.82, 2.24) is 29.2 Å². The number of aliphatic hydroxyl groups is 1. The van der Waals surface area contributed by atoms with E-state index in [0.29, 0.717) is 45.0 Å². The van der Waals surface area contributed by atoms with Crippen LogP contribution in [0.3, 0.4) is 0 Å². The molecule has 3 aliphatic heterocycles. The number of carbonyl (C=O) groups is 4. The monoisotopic (exact) mass is 978 g/mol. The van der Waals surface area contributed by atoms with E-state index in [2.05, 4.69) is 9.47 Å². The third kappa shape index (κ3) is 11.1. The van der Waals surface area contributed by atoms with Crippen molar-refractivity contribution >= 4 is 46.7 Å². The first kappa shape index (κ1) is 49.5. The number of para-hydroxylation sites is 1. The molecule has 0 unspecified atom stereocenters. The van der Waals surface area contributed by atoms with Gasteiger partial charge in [-0.25, -0.2) is 4.98 Å². The van der Waals surface area contributed by atoms with E-state index >= 15 is 9.59 Å². The number of amides is 3. The molecular formula is C53H60Cl2N6O8. The molecule has 0 aliphatic carbocycles. The average molecular weight is 980 g/mol. The number of hydrogen-bond donors (Lipinski definition) is 1. The van der Waals surface area contributed by atoms with E-state index in [1.165, 1.54) is 22.6 Å². The van der Waals surface area contributed by atoms with Gasteiger partial charge in [-0.3, -0.25) is 24.1 Å². The summed E-state index contributed by atoms with van der Waals surface area (Å²) in [5, 5.41) is 11.6. The second-order valence-corrected chi connectivity index (χ2v) is 19.4. The molecule has 4 aromatic carbocycles. The van der Waals surface area contributed by atoms with Crippen LogP contribution in [0.4, 0.5) is 0 Å². The highest BCUT2D eigenvalue weighted by Crippen LogP contribution is 2.46. The van der Waals surface area contributed by atoms with Crippen LogP contribution < -0.4 is 14.2 Å². The van der Waals surface area contributed by atoms with Crippen LogP contribution in [0.25, 0.3) is 11.3 Å². The smallest absolute Gasteiger partial charge is 0.228 e. The fourth-order valence-electron chi connectivity index (χ4n) is 9.84. The summed E-state index contributed by atoms with van der Waals surface area (Å²) in [6.45, 7) is 4.08. The number of ether oxygens (including phenoxy) is 3. The largest absolute Gasteiger partial charge is 0.493 e. The summed E-state index contributed by atoms with van der Waals surface area (Å²) in [6, 6.07) is 23.8. The lowest BCUT2D eigenvalue weighted by molar-refractivity contribution is -0.148. The topological polar surface area (TPSA) is 147 Å². The van der Waals surface area contributed by atoms with Crippen LogP contribution in [0.5, 0.6) is 23.0 Å². The van der Waals surface area contributed by atoms with Gasteiger partial charge < -0.3 is 38.6 Å². The molecule has 16 heteroatoms. The molecule has 3 amide bonds. The first-order valence-corrected chi connectivity index (χ1v) is 24.3. The molecule has 0 saturated carbocycles. The number of benzene rings is 4. The Balaban J connectivity index is 1.11. The second kappa shape index (κ2) is 21.8. The second-order valence-electron chi connectivity index (χ2n) is 18.5. The molecule has 1 N–H and O–H groups in total. The summed E-state index contributed by atoms with van der Waals surface area (Å²) < 4.78 is 20.4. The van der Waals surface area contributed by atoms with E-state index < -0.39 is 54.0 Å². The number of methoxy groups -OCH3 is 1. The standard InChI is InChI=1S/C53H60Cl2N6O8/c1-33-46(63)24-37(31-62)52(65)58(3)40(23-34-11-16-38(54)17-12-34)29-57(2)53(66)43(44-32-68-51-42(44)9-8-10-47(51)67-5)26-50(64)61(33)28-36-13-18-39(55)25-48(36)69-41-19-14-35(15-20-41)45-27-56-49(59(45)4)30-60-21-6-7-22-60/h8-20,25,27,33,37,40,43-44,62H,6-7,21-24,26,28-32H2,1-5H3/t33-,37-,40+,43-,44-/m0/s1. The van der Waals surface area contributed by atoms with Crippen molar-refractivity contribution in [1.29, 1.82) is 0 Å². The van der Waals surface area contributed by atoms with E-state index in [1.807, 2.05) is 61.8 Å². The molecule has 14 nitrogen and oxygen atoms in total. The summed E-state index contributed by atoms with van der Waals surface area (Å²) >= 11 is 12.8. The quantitative estimate of drug-likeness (QED) is 0.131.